The number of halogens is 1. The lowest BCUT2D eigenvalue weighted by atomic mass is 10.2. The van der Waals surface area contributed by atoms with E-state index in [2.05, 4.69) is 68.0 Å². The maximum atomic E-state index is 12.4. The van der Waals surface area contributed by atoms with Gasteiger partial charge in [0, 0.05) is 38.8 Å². The molecular weight excluding hydrogens is 505 g/mol. The lowest BCUT2D eigenvalue weighted by Gasteiger charge is -2.05. The number of fused-ring (bicyclic) bond motifs is 1. The predicted octanol–water partition coefficient (Wildman–Crippen LogP) is 4.77. The number of hydrazone groups is 1. The third-order valence-corrected chi connectivity index (χ3v) is 5.62. The van der Waals surface area contributed by atoms with E-state index in [0.717, 1.165) is 23.0 Å². The molecule has 7 heteroatoms. The maximum absolute atomic E-state index is 12.4. The highest BCUT2D eigenvalue weighted by molar-refractivity contribution is 14.1. The Bertz CT molecular complexity index is 1260. The minimum absolute atomic E-state index is 0.124. The van der Waals surface area contributed by atoms with Crippen LogP contribution in [0.5, 0.6) is 11.5 Å². The number of methoxy groups -OCH3 is 1. The van der Waals surface area contributed by atoms with Crippen molar-refractivity contribution in [3.8, 4) is 11.5 Å². The van der Waals surface area contributed by atoms with Gasteiger partial charge in [0.1, 0.15) is 11.5 Å². The molecule has 0 unspecified atom stereocenters. The smallest absolute Gasteiger partial charge is 0.275 e. The molecule has 1 amide bonds. The van der Waals surface area contributed by atoms with Crippen LogP contribution in [0.1, 0.15) is 21.5 Å². The predicted molar refractivity (Wildman–Crippen MR) is 130 cm³/mol. The van der Waals surface area contributed by atoms with Crippen LogP contribution in [-0.2, 0) is 6.54 Å². The Morgan fingerprint density at radius 1 is 1.16 bits per heavy atom. The van der Waals surface area contributed by atoms with E-state index >= 15 is 0 Å². The number of aromatic nitrogens is 1. The Labute approximate surface area is 193 Å². The number of carbonyl (C=O) groups is 1. The Balaban J connectivity index is 1.55. The first-order valence-corrected chi connectivity index (χ1v) is 10.7. The summed E-state index contributed by atoms with van der Waals surface area (Å²) >= 11 is 2.30. The number of hydrogen-bond donors (Lipinski definition) is 2. The summed E-state index contributed by atoms with van der Waals surface area (Å²) in [4.78, 5) is 12.4. The van der Waals surface area contributed by atoms with Crippen molar-refractivity contribution in [2.75, 3.05) is 7.11 Å². The SMILES string of the molecule is COc1ccc(C(=O)N/N=C\c2cn(Cc3ccc(I)cc3)c3ccccc23)c(O)c1. The Hall–Kier alpha value is -3.33. The van der Waals surface area contributed by atoms with Crippen molar-refractivity contribution in [3.63, 3.8) is 0 Å². The zero-order chi connectivity index (χ0) is 21.8. The summed E-state index contributed by atoms with van der Waals surface area (Å²) in [6.07, 6.45) is 3.63. The highest BCUT2D eigenvalue weighted by Gasteiger charge is 2.12. The summed E-state index contributed by atoms with van der Waals surface area (Å²) in [7, 11) is 1.49. The summed E-state index contributed by atoms with van der Waals surface area (Å²) in [5, 5.41) is 15.2. The zero-order valence-corrected chi connectivity index (χ0v) is 18.9. The number of amides is 1. The Morgan fingerprint density at radius 3 is 2.68 bits per heavy atom. The van der Waals surface area contributed by atoms with Gasteiger partial charge in [-0.25, -0.2) is 5.43 Å². The molecule has 0 aliphatic heterocycles. The van der Waals surface area contributed by atoms with Crippen LogP contribution in [0.4, 0.5) is 0 Å². The molecule has 0 radical (unpaired) electrons. The Morgan fingerprint density at radius 2 is 1.94 bits per heavy atom. The van der Waals surface area contributed by atoms with Crippen molar-refractivity contribution in [2.24, 2.45) is 5.10 Å². The van der Waals surface area contributed by atoms with Crippen molar-refractivity contribution in [2.45, 2.75) is 6.54 Å². The quantitative estimate of drug-likeness (QED) is 0.216. The van der Waals surface area contributed by atoms with E-state index in [1.54, 1.807) is 12.3 Å². The Kier molecular flexibility index (Phi) is 6.22. The number of ether oxygens (including phenoxy) is 1. The molecule has 1 aromatic heterocycles. The van der Waals surface area contributed by atoms with Crippen molar-refractivity contribution in [3.05, 3.63) is 93.2 Å². The van der Waals surface area contributed by atoms with Crippen molar-refractivity contribution in [1.82, 2.24) is 9.99 Å². The number of nitrogens with one attached hydrogen (secondary N) is 1. The molecule has 6 nitrogen and oxygen atoms in total. The molecule has 31 heavy (non-hydrogen) atoms. The number of nitrogens with zero attached hydrogens (tertiary/aromatic N) is 2. The van der Waals surface area contributed by atoms with Gasteiger partial charge in [-0.05, 0) is 58.5 Å². The van der Waals surface area contributed by atoms with Crippen LogP contribution in [0.25, 0.3) is 10.9 Å². The standard InChI is InChI=1S/C24H20IN3O3/c1-31-19-10-11-21(23(29)12-19)24(30)27-26-13-17-15-28(22-5-3-2-4-20(17)22)14-16-6-8-18(25)9-7-16/h2-13,15,29H,14H2,1H3,(H,27,30)/b26-13-. The fourth-order valence-corrected chi connectivity index (χ4v) is 3.71. The molecule has 0 fully saturated rings. The minimum Gasteiger partial charge on any atom is -0.507 e. The fourth-order valence-electron chi connectivity index (χ4n) is 3.35. The molecule has 0 atom stereocenters. The van der Waals surface area contributed by atoms with Crippen LogP contribution in [0.2, 0.25) is 0 Å². The van der Waals surface area contributed by atoms with Crippen molar-refractivity contribution < 1.29 is 14.6 Å². The summed E-state index contributed by atoms with van der Waals surface area (Å²) in [6, 6.07) is 21.0. The van der Waals surface area contributed by atoms with E-state index in [4.69, 9.17) is 4.74 Å². The molecular formula is C24H20IN3O3. The number of benzene rings is 3. The highest BCUT2D eigenvalue weighted by Crippen LogP contribution is 2.24. The first kappa shape index (κ1) is 20.9. The van der Waals surface area contributed by atoms with E-state index in [9.17, 15) is 9.90 Å². The summed E-state index contributed by atoms with van der Waals surface area (Å²) in [5.41, 5.74) is 5.78. The van der Waals surface area contributed by atoms with E-state index in [-0.39, 0.29) is 11.3 Å². The number of carbonyl (C=O) groups excluding carboxylic acids is 1. The zero-order valence-electron chi connectivity index (χ0n) is 16.7. The second kappa shape index (κ2) is 9.22. The normalized spacial score (nSPS) is 11.2. The van der Waals surface area contributed by atoms with Crippen LogP contribution >= 0.6 is 22.6 Å². The summed E-state index contributed by atoms with van der Waals surface area (Å²) in [6.45, 7) is 0.733. The first-order valence-electron chi connectivity index (χ1n) is 9.58. The third kappa shape index (κ3) is 4.72. The van der Waals surface area contributed by atoms with Crippen LogP contribution in [-0.4, -0.2) is 28.9 Å². The van der Waals surface area contributed by atoms with Crippen LogP contribution < -0.4 is 10.2 Å². The van der Waals surface area contributed by atoms with Gasteiger partial charge >= 0.3 is 0 Å². The van der Waals surface area contributed by atoms with Gasteiger partial charge < -0.3 is 14.4 Å². The number of para-hydroxylation sites is 1. The number of phenolic OH excluding ortho intramolecular Hbond substituents is 1. The highest BCUT2D eigenvalue weighted by atomic mass is 127. The van der Waals surface area contributed by atoms with E-state index in [1.165, 1.54) is 28.4 Å². The average molecular weight is 525 g/mol. The van der Waals surface area contributed by atoms with Gasteiger partial charge in [-0.15, -0.1) is 0 Å². The third-order valence-electron chi connectivity index (χ3n) is 4.90. The van der Waals surface area contributed by atoms with E-state index in [1.807, 2.05) is 24.4 Å². The fraction of sp³-hybridized carbons (Fsp3) is 0.0833. The van der Waals surface area contributed by atoms with Crippen molar-refractivity contribution >= 4 is 45.6 Å². The maximum Gasteiger partial charge on any atom is 0.275 e. The number of rotatable bonds is 6. The monoisotopic (exact) mass is 525 g/mol. The molecule has 0 bridgehead atoms. The van der Waals surface area contributed by atoms with E-state index in [0.29, 0.717) is 5.75 Å². The molecule has 156 valence electrons. The molecule has 4 aromatic rings. The van der Waals surface area contributed by atoms with Gasteiger partial charge in [0.2, 0.25) is 0 Å². The summed E-state index contributed by atoms with van der Waals surface area (Å²) < 4.78 is 8.40. The minimum atomic E-state index is -0.501. The second-order valence-electron chi connectivity index (χ2n) is 6.94. The largest absolute Gasteiger partial charge is 0.507 e. The average Bonchev–Trinajstić information content (AvgIpc) is 3.12. The molecule has 2 N–H and O–H groups in total. The molecule has 0 spiro atoms. The summed E-state index contributed by atoms with van der Waals surface area (Å²) in [5.74, 6) is -0.196. The molecule has 4 rings (SSSR count). The number of phenols is 1. The van der Waals surface area contributed by atoms with Gasteiger partial charge in [-0.1, -0.05) is 30.3 Å². The van der Waals surface area contributed by atoms with Gasteiger partial charge in [0.05, 0.1) is 18.9 Å². The van der Waals surface area contributed by atoms with Gasteiger partial charge in [0.15, 0.2) is 0 Å². The van der Waals surface area contributed by atoms with Crippen LogP contribution in [0, 0.1) is 3.57 Å². The number of aromatic hydroxyl groups is 1. The molecule has 3 aromatic carbocycles. The van der Waals surface area contributed by atoms with Crippen LogP contribution in [0.15, 0.2) is 78.0 Å². The number of hydrogen-bond acceptors (Lipinski definition) is 4. The molecule has 0 aliphatic rings. The van der Waals surface area contributed by atoms with Gasteiger partial charge in [-0.2, -0.15) is 5.10 Å². The lowest BCUT2D eigenvalue weighted by Crippen LogP contribution is -2.17. The van der Waals surface area contributed by atoms with Crippen molar-refractivity contribution in [1.29, 1.82) is 0 Å². The lowest BCUT2D eigenvalue weighted by molar-refractivity contribution is 0.0952. The second-order valence-corrected chi connectivity index (χ2v) is 8.18. The van der Waals surface area contributed by atoms with Crippen LogP contribution in [0.3, 0.4) is 0 Å². The molecule has 0 saturated heterocycles. The topological polar surface area (TPSA) is 75.8 Å². The first-order chi connectivity index (χ1) is 15.0. The molecule has 0 saturated carbocycles. The van der Waals surface area contributed by atoms with Gasteiger partial charge in [-0.3, -0.25) is 4.79 Å². The van der Waals surface area contributed by atoms with E-state index < -0.39 is 5.91 Å². The molecule has 1 heterocycles. The van der Waals surface area contributed by atoms with Gasteiger partial charge in [0.25, 0.3) is 5.91 Å². The molecule has 0 aliphatic carbocycles.